The van der Waals surface area contributed by atoms with Crippen molar-refractivity contribution >= 4 is 17.7 Å². The predicted octanol–water partition coefficient (Wildman–Crippen LogP) is 4.79. The lowest BCUT2D eigenvalue weighted by atomic mass is 9.96. The summed E-state index contributed by atoms with van der Waals surface area (Å²) in [6.07, 6.45) is -0.315. The van der Waals surface area contributed by atoms with E-state index in [0.29, 0.717) is 29.6 Å². The van der Waals surface area contributed by atoms with Crippen LogP contribution in [0.4, 0.5) is 9.18 Å². The van der Waals surface area contributed by atoms with E-state index in [9.17, 15) is 9.18 Å². The van der Waals surface area contributed by atoms with Crippen LogP contribution in [-0.2, 0) is 11.3 Å². The summed E-state index contributed by atoms with van der Waals surface area (Å²) in [6, 6.07) is 9.92. The van der Waals surface area contributed by atoms with Crippen molar-refractivity contribution < 1.29 is 18.7 Å². The molecule has 1 aliphatic rings. The number of rotatable bonds is 4. The molecule has 0 saturated carbocycles. The van der Waals surface area contributed by atoms with Crippen molar-refractivity contribution in [3.05, 3.63) is 58.5 Å². The van der Waals surface area contributed by atoms with E-state index >= 15 is 0 Å². The molecule has 27 heavy (non-hydrogen) atoms. The smallest absolute Gasteiger partial charge is 0.410 e. The Morgan fingerprint density at radius 1 is 1.30 bits per heavy atom. The highest BCUT2D eigenvalue weighted by Crippen LogP contribution is 2.28. The number of hydrogen-bond donors (Lipinski definition) is 0. The molecule has 0 spiro atoms. The number of halogens is 2. The van der Waals surface area contributed by atoms with E-state index in [1.54, 1.807) is 23.1 Å². The van der Waals surface area contributed by atoms with Crippen molar-refractivity contribution in [1.29, 1.82) is 0 Å². The third-order valence-corrected chi connectivity index (χ3v) is 4.32. The number of carbonyl (C=O) groups is 1. The van der Waals surface area contributed by atoms with E-state index < -0.39 is 11.4 Å². The van der Waals surface area contributed by atoms with Crippen LogP contribution in [0, 0.1) is 5.82 Å². The molecule has 0 N–H and O–H groups in total. The van der Waals surface area contributed by atoms with Crippen LogP contribution in [0.5, 0.6) is 5.88 Å². The first-order valence-corrected chi connectivity index (χ1v) is 9.11. The second-order valence-corrected chi connectivity index (χ2v) is 7.94. The van der Waals surface area contributed by atoms with E-state index in [4.69, 9.17) is 21.1 Å². The molecule has 0 unspecified atom stereocenters. The zero-order chi connectivity index (χ0) is 19.6. The fraction of sp³-hybridized carbons (Fsp3) is 0.400. The van der Waals surface area contributed by atoms with Gasteiger partial charge < -0.3 is 14.4 Å². The molecular weight excluding hydrogens is 371 g/mol. The van der Waals surface area contributed by atoms with Crippen LogP contribution in [0.3, 0.4) is 0 Å². The summed E-state index contributed by atoms with van der Waals surface area (Å²) in [7, 11) is 0. The SMILES string of the molecule is CC(C)(C)OC(=O)N1CC(c2cccc(OCc3ccc(Cl)cc3F)n2)C1. The quantitative estimate of drug-likeness (QED) is 0.750. The van der Waals surface area contributed by atoms with Crippen molar-refractivity contribution in [2.45, 2.75) is 38.9 Å². The monoisotopic (exact) mass is 392 g/mol. The molecule has 1 aromatic carbocycles. The Hall–Kier alpha value is -2.34. The molecule has 0 atom stereocenters. The molecule has 144 valence electrons. The molecule has 3 rings (SSSR count). The van der Waals surface area contributed by atoms with Gasteiger partial charge in [-0.25, -0.2) is 14.2 Å². The summed E-state index contributed by atoms with van der Waals surface area (Å²) in [4.78, 5) is 18.1. The second kappa shape index (κ2) is 7.72. The highest BCUT2D eigenvalue weighted by atomic mass is 35.5. The van der Waals surface area contributed by atoms with E-state index in [0.717, 1.165) is 5.69 Å². The van der Waals surface area contributed by atoms with Crippen molar-refractivity contribution in [2.24, 2.45) is 0 Å². The fourth-order valence-corrected chi connectivity index (χ4v) is 2.83. The van der Waals surface area contributed by atoms with Gasteiger partial charge in [-0.15, -0.1) is 0 Å². The van der Waals surface area contributed by atoms with E-state index in [1.807, 2.05) is 32.9 Å². The maximum Gasteiger partial charge on any atom is 0.410 e. The van der Waals surface area contributed by atoms with Crippen LogP contribution >= 0.6 is 11.6 Å². The Kier molecular flexibility index (Phi) is 5.56. The van der Waals surface area contributed by atoms with Gasteiger partial charge in [-0.1, -0.05) is 23.7 Å². The van der Waals surface area contributed by atoms with Gasteiger partial charge in [-0.3, -0.25) is 0 Å². The predicted molar refractivity (Wildman–Crippen MR) is 101 cm³/mol. The van der Waals surface area contributed by atoms with Crippen LogP contribution in [0.1, 0.15) is 37.9 Å². The van der Waals surface area contributed by atoms with Gasteiger partial charge in [0.2, 0.25) is 5.88 Å². The molecule has 1 amide bonds. The van der Waals surface area contributed by atoms with Crippen LogP contribution < -0.4 is 4.74 Å². The average molecular weight is 393 g/mol. The average Bonchev–Trinajstić information content (AvgIpc) is 2.51. The molecule has 0 aliphatic carbocycles. The molecule has 2 heterocycles. The Morgan fingerprint density at radius 2 is 2.04 bits per heavy atom. The lowest BCUT2D eigenvalue weighted by Crippen LogP contribution is -2.50. The maximum absolute atomic E-state index is 13.8. The molecule has 1 aliphatic heterocycles. The van der Waals surface area contributed by atoms with Gasteiger partial charge in [0.25, 0.3) is 0 Å². The summed E-state index contributed by atoms with van der Waals surface area (Å²) in [5.41, 5.74) is 0.737. The zero-order valence-corrected chi connectivity index (χ0v) is 16.3. The number of nitrogens with zero attached hydrogens (tertiary/aromatic N) is 2. The molecule has 2 aromatic rings. The molecule has 0 bridgehead atoms. The van der Waals surface area contributed by atoms with E-state index in [1.165, 1.54) is 6.07 Å². The van der Waals surface area contributed by atoms with Gasteiger partial charge in [0.1, 0.15) is 18.0 Å². The van der Waals surface area contributed by atoms with E-state index in [2.05, 4.69) is 4.98 Å². The lowest BCUT2D eigenvalue weighted by molar-refractivity contribution is 0.00784. The molecule has 1 fully saturated rings. The Balaban J connectivity index is 1.56. The maximum atomic E-state index is 13.8. The van der Waals surface area contributed by atoms with Crippen molar-refractivity contribution in [1.82, 2.24) is 9.88 Å². The lowest BCUT2D eigenvalue weighted by Gasteiger charge is -2.39. The van der Waals surface area contributed by atoms with Crippen LogP contribution in [0.15, 0.2) is 36.4 Å². The van der Waals surface area contributed by atoms with Gasteiger partial charge in [0, 0.05) is 35.7 Å². The zero-order valence-electron chi connectivity index (χ0n) is 15.5. The number of likely N-dealkylation sites (tertiary alicyclic amines) is 1. The highest BCUT2D eigenvalue weighted by molar-refractivity contribution is 6.30. The summed E-state index contributed by atoms with van der Waals surface area (Å²) < 4.78 is 24.8. The van der Waals surface area contributed by atoms with Gasteiger partial charge >= 0.3 is 6.09 Å². The first-order chi connectivity index (χ1) is 12.7. The summed E-state index contributed by atoms with van der Waals surface area (Å²) >= 11 is 5.75. The third kappa shape index (κ3) is 5.10. The van der Waals surface area contributed by atoms with Crippen LogP contribution in [0.25, 0.3) is 0 Å². The topological polar surface area (TPSA) is 51.7 Å². The number of benzene rings is 1. The van der Waals surface area contributed by atoms with Crippen LogP contribution in [0.2, 0.25) is 5.02 Å². The van der Waals surface area contributed by atoms with E-state index in [-0.39, 0.29) is 18.6 Å². The van der Waals surface area contributed by atoms with Gasteiger partial charge in [-0.05, 0) is 39.0 Å². The Labute approximate surface area is 163 Å². The second-order valence-electron chi connectivity index (χ2n) is 7.51. The minimum atomic E-state index is -0.509. The molecule has 7 heteroatoms. The summed E-state index contributed by atoms with van der Waals surface area (Å²) in [6.45, 7) is 6.69. The number of hydrogen-bond acceptors (Lipinski definition) is 4. The van der Waals surface area contributed by atoms with Gasteiger partial charge in [0.05, 0.1) is 5.69 Å². The highest BCUT2D eigenvalue weighted by Gasteiger charge is 2.35. The van der Waals surface area contributed by atoms with Crippen LogP contribution in [-0.4, -0.2) is 34.7 Å². The number of pyridine rings is 1. The molecule has 5 nitrogen and oxygen atoms in total. The standard InChI is InChI=1S/C20H22ClFN2O3/c1-20(2,3)27-19(25)24-10-14(11-24)17-5-4-6-18(23-17)26-12-13-7-8-15(21)9-16(13)22/h4-9,14H,10-12H2,1-3H3. The molecule has 1 saturated heterocycles. The Morgan fingerprint density at radius 3 is 2.70 bits per heavy atom. The number of carbonyl (C=O) groups excluding carboxylic acids is 1. The molecular formula is C20H22ClFN2O3. The largest absolute Gasteiger partial charge is 0.473 e. The van der Waals surface area contributed by atoms with Gasteiger partial charge in [-0.2, -0.15) is 0 Å². The fourth-order valence-electron chi connectivity index (χ4n) is 2.67. The summed E-state index contributed by atoms with van der Waals surface area (Å²) in [5, 5.41) is 0.343. The summed E-state index contributed by atoms with van der Waals surface area (Å²) in [5.74, 6) is 0.136. The minimum Gasteiger partial charge on any atom is -0.473 e. The number of amides is 1. The minimum absolute atomic E-state index is 0.0636. The van der Waals surface area contributed by atoms with Gasteiger partial charge in [0.15, 0.2) is 0 Å². The number of ether oxygens (including phenoxy) is 2. The first kappa shape index (κ1) is 19.4. The normalized spacial score (nSPS) is 14.6. The number of aromatic nitrogens is 1. The molecule has 1 aromatic heterocycles. The van der Waals surface area contributed by atoms with Crippen molar-refractivity contribution in [3.8, 4) is 5.88 Å². The van der Waals surface area contributed by atoms with Crippen molar-refractivity contribution in [3.63, 3.8) is 0 Å². The Bertz CT molecular complexity index is 832. The molecule has 0 radical (unpaired) electrons. The third-order valence-electron chi connectivity index (χ3n) is 4.09. The first-order valence-electron chi connectivity index (χ1n) is 8.73. The van der Waals surface area contributed by atoms with Crippen molar-refractivity contribution in [2.75, 3.05) is 13.1 Å².